The van der Waals surface area contributed by atoms with Crippen LogP contribution in [0.5, 0.6) is 17.2 Å². The Balaban J connectivity index is 2.00. The fourth-order valence-electron chi connectivity index (χ4n) is 2.84. The minimum Gasteiger partial charge on any atom is -0.494 e. The van der Waals surface area contributed by atoms with Crippen molar-refractivity contribution in [3.8, 4) is 34.2 Å². The predicted molar refractivity (Wildman–Crippen MR) is 110 cm³/mol. The van der Waals surface area contributed by atoms with Crippen LogP contribution in [0.1, 0.15) is 20.8 Å². The molecule has 1 N–H and O–H groups in total. The van der Waals surface area contributed by atoms with Gasteiger partial charge in [-0.15, -0.1) is 0 Å². The Bertz CT molecular complexity index is 945. The molecule has 3 aromatic rings. The van der Waals surface area contributed by atoms with E-state index in [2.05, 4.69) is 4.98 Å². The summed E-state index contributed by atoms with van der Waals surface area (Å²) >= 11 is 5.56. The molecule has 0 aliphatic rings. The van der Waals surface area contributed by atoms with E-state index >= 15 is 0 Å². The maximum Gasteiger partial charge on any atom is 0.182 e. The maximum atomic E-state index is 5.78. The number of aromatic nitrogens is 2. The van der Waals surface area contributed by atoms with Crippen molar-refractivity contribution in [2.24, 2.45) is 0 Å². The Kier molecular flexibility index (Phi) is 6.19. The highest BCUT2D eigenvalue weighted by molar-refractivity contribution is 7.71. The molecule has 0 bridgehead atoms. The fraction of sp³-hybridized carbons (Fsp3) is 0.286. The van der Waals surface area contributed by atoms with Crippen molar-refractivity contribution in [3.63, 3.8) is 0 Å². The lowest BCUT2D eigenvalue weighted by molar-refractivity contribution is 0.329. The second-order valence-electron chi connectivity index (χ2n) is 5.80. The van der Waals surface area contributed by atoms with E-state index in [1.165, 1.54) is 0 Å². The first kappa shape index (κ1) is 19.0. The van der Waals surface area contributed by atoms with Crippen LogP contribution in [0.2, 0.25) is 0 Å². The summed E-state index contributed by atoms with van der Waals surface area (Å²) in [7, 11) is 0. The topological polar surface area (TPSA) is 48.4 Å². The summed E-state index contributed by atoms with van der Waals surface area (Å²) < 4.78 is 19.4. The van der Waals surface area contributed by atoms with Crippen molar-refractivity contribution < 1.29 is 14.2 Å². The van der Waals surface area contributed by atoms with E-state index < -0.39 is 0 Å². The van der Waals surface area contributed by atoms with E-state index in [1.54, 1.807) is 0 Å². The predicted octanol–water partition coefficient (Wildman–Crippen LogP) is 5.40. The third kappa shape index (κ3) is 4.34. The Morgan fingerprint density at radius 1 is 0.852 bits per heavy atom. The van der Waals surface area contributed by atoms with Crippen LogP contribution < -0.4 is 14.2 Å². The monoisotopic (exact) mass is 384 g/mol. The second-order valence-corrected chi connectivity index (χ2v) is 6.18. The number of nitrogens with one attached hydrogen (secondary N) is 1. The van der Waals surface area contributed by atoms with E-state index in [9.17, 15) is 0 Å². The highest BCUT2D eigenvalue weighted by Crippen LogP contribution is 2.30. The van der Waals surface area contributed by atoms with E-state index in [0.717, 1.165) is 34.2 Å². The van der Waals surface area contributed by atoms with Gasteiger partial charge in [0, 0.05) is 12.3 Å². The number of rotatable bonds is 8. The zero-order valence-corrected chi connectivity index (χ0v) is 16.6. The van der Waals surface area contributed by atoms with E-state index in [4.69, 9.17) is 26.4 Å². The third-order valence-electron chi connectivity index (χ3n) is 4.00. The van der Waals surface area contributed by atoms with Crippen LogP contribution in [-0.2, 0) is 0 Å². The van der Waals surface area contributed by atoms with Gasteiger partial charge in [-0.3, -0.25) is 4.57 Å². The largest absolute Gasteiger partial charge is 0.494 e. The Morgan fingerprint density at radius 2 is 1.48 bits per heavy atom. The molecule has 1 aromatic heterocycles. The molecule has 142 valence electrons. The van der Waals surface area contributed by atoms with Gasteiger partial charge in [0.05, 0.1) is 31.2 Å². The number of nitrogens with zero attached hydrogens (tertiary/aromatic N) is 1. The zero-order valence-electron chi connectivity index (χ0n) is 15.8. The third-order valence-corrected chi connectivity index (χ3v) is 4.29. The Hall–Kier alpha value is -2.73. The van der Waals surface area contributed by atoms with Crippen molar-refractivity contribution in [1.29, 1.82) is 0 Å². The van der Waals surface area contributed by atoms with Gasteiger partial charge in [-0.05, 0) is 75.0 Å². The standard InChI is InChI=1S/C21H24N2O3S/c1-4-24-16-9-7-15(8-10-16)18-14-23(21(27)22-18)19-13-17(25-5-2)11-12-20(19)26-6-3/h7-14H,4-6H2,1-3H3,(H,22,27). The molecule has 0 unspecified atom stereocenters. The summed E-state index contributed by atoms with van der Waals surface area (Å²) in [6.07, 6.45) is 1.98. The molecule has 0 amide bonds. The smallest absolute Gasteiger partial charge is 0.182 e. The van der Waals surface area contributed by atoms with Gasteiger partial charge in [0.1, 0.15) is 17.2 Å². The minimum atomic E-state index is 0.574. The lowest BCUT2D eigenvalue weighted by atomic mass is 10.1. The summed E-state index contributed by atoms with van der Waals surface area (Å²) in [6, 6.07) is 13.7. The molecule has 0 aliphatic carbocycles. The van der Waals surface area contributed by atoms with Crippen LogP contribution in [0, 0.1) is 4.77 Å². The molecule has 0 fully saturated rings. The SMILES string of the molecule is CCOc1ccc(-c2cn(-c3cc(OCC)ccc3OCC)c(=S)[nH]2)cc1. The van der Waals surface area contributed by atoms with Crippen molar-refractivity contribution in [3.05, 3.63) is 53.4 Å². The average Bonchev–Trinajstić information content (AvgIpc) is 3.06. The number of hydrogen-bond acceptors (Lipinski definition) is 4. The van der Waals surface area contributed by atoms with Gasteiger partial charge in [-0.2, -0.15) is 0 Å². The summed E-state index contributed by atoms with van der Waals surface area (Å²) in [4.78, 5) is 3.27. The molecule has 0 radical (unpaired) electrons. The molecule has 0 saturated carbocycles. The Labute approximate surface area is 164 Å². The van der Waals surface area contributed by atoms with Gasteiger partial charge >= 0.3 is 0 Å². The van der Waals surface area contributed by atoms with Crippen molar-refractivity contribution in [2.45, 2.75) is 20.8 Å². The maximum absolute atomic E-state index is 5.78. The second kappa shape index (κ2) is 8.77. The summed E-state index contributed by atoms with van der Waals surface area (Å²) in [6.45, 7) is 7.71. The first-order chi connectivity index (χ1) is 13.2. The van der Waals surface area contributed by atoms with E-state index in [0.29, 0.717) is 24.6 Å². The van der Waals surface area contributed by atoms with Crippen LogP contribution in [-0.4, -0.2) is 29.4 Å². The first-order valence-corrected chi connectivity index (χ1v) is 9.52. The van der Waals surface area contributed by atoms with Crippen LogP contribution >= 0.6 is 12.2 Å². The molecule has 1 heterocycles. The van der Waals surface area contributed by atoms with Crippen LogP contribution in [0.25, 0.3) is 16.9 Å². The lowest BCUT2D eigenvalue weighted by Crippen LogP contribution is -2.01. The van der Waals surface area contributed by atoms with Gasteiger partial charge in [0.25, 0.3) is 0 Å². The number of aromatic amines is 1. The first-order valence-electron chi connectivity index (χ1n) is 9.11. The van der Waals surface area contributed by atoms with Crippen LogP contribution in [0.3, 0.4) is 0 Å². The normalized spacial score (nSPS) is 10.6. The summed E-state index contributed by atoms with van der Waals surface area (Å²) in [5, 5.41) is 0. The molecule has 0 saturated heterocycles. The average molecular weight is 385 g/mol. The number of imidazole rings is 1. The fourth-order valence-corrected chi connectivity index (χ4v) is 3.10. The summed E-state index contributed by atoms with van der Waals surface area (Å²) in [5.74, 6) is 2.39. The molecule has 2 aromatic carbocycles. The summed E-state index contributed by atoms with van der Waals surface area (Å²) in [5.41, 5.74) is 2.80. The zero-order chi connectivity index (χ0) is 19.2. The van der Waals surface area contributed by atoms with E-state index in [-0.39, 0.29) is 0 Å². The molecule has 5 nitrogen and oxygen atoms in total. The number of H-pyrrole nitrogens is 1. The van der Waals surface area contributed by atoms with Gasteiger partial charge in [-0.1, -0.05) is 0 Å². The highest BCUT2D eigenvalue weighted by Gasteiger charge is 2.12. The highest BCUT2D eigenvalue weighted by atomic mass is 32.1. The molecule has 27 heavy (non-hydrogen) atoms. The van der Waals surface area contributed by atoms with Gasteiger partial charge in [-0.25, -0.2) is 0 Å². The van der Waals surface area contributed by atoms with Crippen LogP contribution in [0.4, 0.5) is 0 Å². The number of ether oxygens (including phenoxy) is 3. The van der Waals surface area contributed by atoms with Gasteiger partial charge in [0.2, 0.25) is 0 Å². The van der Waals surface area contributed by atoms with Gasteiger partial charge in [0.15, 0.2) is 4.77 Å². The molecule has 3 rings (SSSR count). The lowest BCUT2D eigenvalue weighted by Gasteiger charge is -2.13. The van der Waals surface area contributed by atoms with Crippen molar-refractivity contribution in [2.75, 3.05) is 19.8 Å². The number of benzene rings is 2. The quantitative estimate of drug-likeness (QED) is 0.529. The van der Waals surface area contributed by atoms with Crippen molar-refractivity contribution in [1.82, 2.24) is 9.55 Å². The van der Waals surface area contributed by atoms with Crippen LogP contribution in [0.15, 0.2) is 48.7 Å². The molecule has 6 heteroatoms. The number of hydrogen-bond donors (Lipinski definition) is 1. The molecule has 0 aliphatic heterocycles. The molecular formula is C21H24N2O3S. The van der Waals surface area contributed by atoms with Crippen molar-refractivity contribution >= 4 is 12.2 Å². The molecule has 0 spiro atoms. The molecule has 0 atom stereocenters. The Morgan fingerprint density at radius 3 is 2.15 bits per heavy atom. The minimum absolute atomic E-state index is 0.574. The van der Waals surface area contributed by atoms with E-state index in [1.807, 2.05) is 74.0 Å². The van der Waals surface area contributed by atoms with Gasteiger partial charge < -0.3 is 19.2 Å². The molecular weight excluding hydrogens is 360 g/mol.